The number of halogens is 3. The van der Waals surface area contributed by atoms with Crippen LogP contribution in [0.5, 0.6) is 5.88 Å². The monoisotopic (exact) mass is 288 g/mol. The summed E-state index contributed by atoms with van der Waals surface area (Å²) in [5.74, 6) is 1.45. The minimum Gasteiger partial charge on any atom is -0.468 e. The molecule has 0 aromatic carbocycles. The Morgan fingerprint density at radius 3 is 2.55 bits per heavy atom. The Morgan fingerprint density at radius 1 is 1.35 bits per heavy atom. The maximum Gasteiger partial charge on any atom is 0.422 e. The lowest BCUT2D eigenvalue weighted by atomic mass is 9.73. The van der Waals surface area contributed by atoms with Crippen LogP contribution in [0.4, 0.5) is 18.9 Å². The average Bonchev–Trinajstić information content (AvgIpc) is 2.30. The summed E-state index contributed by atoms with van der Waals surface area (Å²) < 4.78 is 40.5. The third kappa shape index (κ3) is 4.28. The molecule has 1 aliphatic carbocycles. The van der Waals surface area contributed by atoms with Gasteiger partial charge in [-0.15, -0.1) is 0 Å². The van der Waals surface area contributed by atoms with Gasteiger partial charge >= 0.3 is 6.18 Å². The van der Waals surface area contributed by atoms with Crippen molar-refractivity contribution in [2.24, 2.45) is 11.8 Å². The van der Waals surface area contributed by atoms with Crippen molar-refractivity contribution >= 4 is 5.69 Å². The number of pyridine rings is 1. The van der Waals surface area contributed by atoms with Crippen LogP contribution in [-0.2, 0) is 0 Å². The molecule has 1 aromatic rings. The molecule has 1 fully saturated rings. The highest BCUT2D eigenvalue weighted by molar-refractivity contribution is 5.43. The van der Waals surface area contributed by atoms with Crippen molar-refractivity contribution < 1.29 is 17.9 Å². The van der Waals surface area contributed by atoms with E-state index in [1.165, 1.54) is 12.3 Å². The zero-order valence-corrected chi connectivity index (χ0v) is 11.6. The lowest BCUT2D eigenvalue weighted by Gasteiger charge is -2.39. The first-order chi connectivity index (χ1) is 9.33. The molecule has 1 aromatic heterocycles. The molecule has 0 spiro atoms. The molecule has 0 amide bonds. The summed E-state index contributed by atoms with van der Waals surface area (Å²) in [6, 6.07) is 3.58. The van der Waals surface area contributed by atoms with Crippen LogP contribution in [0.15, 0.2) is 18.3 Å². The molecule has 1 N–H and O–H groups in total. The quantitative estimate of drug-likeness (QED) is 0.893. The number of alkyl halides is 3. The van der Waals surface area contributed by atoms with Gasteiger partial charge in [0.05, 0.1) is 11.9 Å². The zero-order chi connectivity index (χ0) is 14.8. The van der Waals surface area contributed by atoms with Gasteiger partial charge in [0.25, 0.3) is 0 Å². The Hall–Kier alpha value is -1.46. The van der Waals surface area contributed by atoms with Gasteiger partial charge in [0.15, 0.2) is 6.61 Å². The first-order valence-electron chi connectivity index (χ1n) is 6.75. The van der Waals surface area contributed by atoms with Gasteiger partial charge in [-0.25, -0.2) is 4.98 Å². The number of hydrogen-bond donors (Lipinski definition) is 1. The number of nitrogens with zero attached hydrogens (tertiary/aromatic N) is 1. The van der Waals surface area contributed by atoms with Gasteiger partial charge < -0.3 is 10.1 Å². The topological polar surface area (TPSA) is 34.1 Å². The van der Waals surface area contributed by atoms with Gasteiger partial charge in [0.1, 0.15) is 0 Å². The molecule has 2 rings (SSSR count). The fourth-order valence-corrected chi connectivity index (χ4v) is 2.27. The second-order valence-corrected chi connectivity index (χ2v) is 5.61. The number of anilines is 1. The van der Waals surface area contributed by atoms with Crippen LogP contribution in [0.1, 0.15) is 26.7 Å². The van der Waals surface area contributed by atoms with E-state index in [0.717, 1.165) is 24.4 Å². The summed E-state index contributed by atoms with van der Waals surface area (Å²) in [6.45, 7) is 3.12. The van der Waals surface area contributed by atoms with Gasteiger partial charge in [-0.05, 0) is 30.7 Å². The number of hydrogen-bond acceptors (Lipinski definition) is 3. The van der Waals surface area contributed by atoms with Crippen molar-refractivity contribution in [1.82, 2.24) is 4.98 Å². The highest BCUT2D eigenvalue weighted by atomic mass is 19.4. The Kier molecular flexibility index (Phi) is 4.40. The van der Waals surface area contributed by atoms with Crippen molar-refractivity contribution in [1.29, 1.82) is 0 Å². The SMILES string of the molecule is CC(C)C1CC(Nc2ccc(OCC(F)(F)F)nc2)C1. The van der Waals surface area contributed by atoms with Crippen molar-refractivity contribution in [2.45, 2.75) is 38.9 Å². The van der Waals surface area contributed by atoms with E-state index in [9.17, 15) is 13.2 Å². The summed E-state index contributed by atoms with van der Waals surface area (Å²) >= 11 is 0. The molecule has 1 aliphatic rings. The molecule has 3 nitrogen and oxygen atoms in total. The molecule has 0 bridgehead atoms. The van der Waals surface area contributed by atoms with Crippen molar-refractivity contribution in [3.8, 4) is 5.88 Å². The normalized spacial score (nSPS) is 22.5. The Labute approximate surface area is 116 Å². The van der Waals surface area contributed by atoms with E-state index in [4.69, 9.17) is 0 Å². The van der Waals surface area contributed by atoms with Gasteiger partial charge in [0, 0.05) is 12.1 Å². The van der Waals surface area contributed by atoms with Crippen LogP contribution in [-0.4, -0.2) is 23.8 Å². The third-order valence-corrected chi connectivity index (χ3v) is 3.61. The molecule has 0 radical (unpaired) electrons. The fourth-order valence-electron chi connectivity index (χ4n) is 2.27. The maximum absolute atomic E-state index is 12.0. The largest absolute Gasteiger partial charge is 0.468 e. The summed E-state index contributed by atoms with van der Waals surface area (Å²) in [4.78, 5) is 3.86. The average molecular weight is 288 g/mol. The molecule has 0 saturated heterocycles. The summed E-state index contributed by atoms with van der Waals surface area (Å²) in [7, 11) is 0. The van der Waals surface area contributed by atoms with Gasteiger partial charge in [0.2, 0.25) is 5.88 Å². The molecule has 0 unspecified atom stereocenters. The van der Waals surface area contributed by atoms with Crippen molar-refractivity contribution in [2.75, 3.05) is 11.9 Å². The van der Waals surface area contributed by atoms with E-state index in [1.807, 2.05) is 0 Å². The van der Waals surface area contributed by atoms with Crippen LogP contribution in [0.25, 0.3) is 0 Å². The Balaban J connectivity index is 1.78. The van der Waals surface area contributed by atoms with Crippen molar-refractivity contribution in [3.63, 3.8) is 0 Å². The van der Waals surface area contributed by atoms with E-state index in [0.29, 0.717) is 12.0 Å². The van der Waals surface area contributed by atoms with Gasteiger partial charge in [-0.3, -0.25) is 0 Å². The first-order valence-corrected chi connectivity index (χ1v) is 6.75. The number of rotatable bonds is 5. The van der Waals surface area contributed by atoms with Crippen LogP contribution < -0.4 is 10.1 Å². The molecule has 112 valence electrons. The third-order valence-electron chi connectivity index (χ3n) is 3.61. The summed E-state index contributed by atoms with van der Waals surface area (Å²) in [5.41, 5.74) is 0.816. The van der Waals surface area contributed by atoms with Crippen LogP contribution in [0.2, 0.25) is 0 Å². The number of nitrogens with one attached hydrogen (secondary N) is 1. The van der Waals surface area contributed by atoms with E-state index in [-0.39, 0.29) is 5.88 Å². The molecule has 6 heteroatoms. The van der Waals surface area contributed by atoms with Gasteiger partial charge in [-0.1, -0.05) is 13.8 Å². The molecule has 1 saturated carbocycles. The predicted octanol–water partition coefficient (Wildman–Crippen LogP) is 3.87. The van der Waals surface area contributed by atoms with E-state index in [1.54, 1.807) is 6.07 Å². The van der Waals surface area contributed by atoms with Crippen LogP contribution in [0, 0.1) is 11.8 Å². The zero-order valence-electron chi connectivity index (χ0n) is 11.6. The minimum atomic E-state index is -4.34. The maximum atomic E-state index is 12.0. The molecular weight excluding hydrogens is 269 g/mol. The molecule has 0 atom stereocenters. The van der Waals surface area contributed by atoms with E-state index < -0.39 is 12.8 Å². The smallest absolute Gasteiger partial charge is 0.422 e. The Bertz CT molecular complexity index is 425. The minimum absolute atomic E-state index is 0.0125. The van der Waals surface area contributed by atoms with Crippen LogP contribution >= 0.6 is 0 Å². The van der Waals surface area contributed by atoms with Crippen molar-refractivity contribution in [3.05, 3.63) is 18.3 Å². The number of aromatic nitrogens is 1. The second kappa shape index (κ2) is 5.89. The predicted molar refractivity (Wildman–Crippen MR) is 70.8 cm³/mol. The second-order valence-electron chi connectivity index (χ2n) is 5.61. The van der Waals surface area contributed by atoms with Gasteiger partial charge in [-0.2, -0.15) is 13.2 Å². The lowest BCUT2D eigenvalue weighted by molar-refractivity contribution is -0.154. The lowest BCUT2D eigenvalue weighted by Crippen LogP contribution is -2.37. The highest BCUT2D eigenvalue weighted by Crippen LogP contribution is 2.35. The summed E-state index contributed by atoms with van der Waals surface area (Å²) in [5, 5.41) is 3.32. The fraction of sp³-hybridized carbons (Fsp3) is 0.643. The highest BCUT2D eigenvalue weighted by Gasteiger charge is 2.31. The Morgan fingerprint density at radius 2 is 2.05 bits per heavy atom. The molecule has 20 heavy (non-hydrogen) atoms. The standard InChI is InChI=1S/C14H19F3N2O/c1-9(2)10-5-12(6-10)19-11-3-4-13(18-7-11)20-8-14(15,16)17/h3-4,7,9-10,12,19H,5-6,8H2,1-2H3. The number of ether oxygens (including phenoxy) is 1. The first kappa shape index (κ1) is 14.9. The van der Waals surface area contributed by atoms with Crippen LogP contribution in [0.3, 0.4) is 0 Å². The molecule has 0 aliphatic heterocycles. The van der Waals surface area contributed by atoms with E-state index >= 15 is 0 Å². The van der Waals surface area contributed by atoms with E-state index in [2.05, 4.69) is 28.9 Å². The molecular formula is C14H19F3N2O. The summed E-state index contributed by atoms with van der Waals surface area (Å²) in [6.07, 6.45) is -0.571. The molecule has 1 heterocycles.